The highest BCUT2D eigenvalue weighted by Crippen LogP contribution is 2.67. The van der Waals surface area contributed by atoms with E-state index >= 15 is 0 Å². The molecule has 4 aliphatic carbocycles. The molecule has 1 nitrogen and oxygen atoms in total. The van der Waals surface area contributed by atoms with E-state index in [1.54, 1.807) is 5.57 Å². The Morgan fingerprint density at radius 3 is 2.75 bits per heavy atom. The Bertz CT molecular complexity index is 641. The summed E-state index contributed by atoms with van der Waals surface area (Å²) in [5, 5.41) is 11.2. The Balaban J connectivity index is 1.55. The van der Waals surface area contributed by atoms with Crippen molar-refractivity contribution in [2.45, 2.75) is 105 Å². The summed E-state index contributed by atoms with van der Waals surface area (Å²) < 4.78 is 0. The van der Waals surface area contributed by atoms with Gasteiger partial charge in [0.15, 0.2) is 0 Å². The standard InChI is InChI=1S/C27H44O/c1-18(2)9-8-10-19(3)25-24(28)17-23-21-13-12-20-11-6-7-15-26(20,4)22(21)14-16-27(23,25)5/h9,12,19,21-25,28H,6-8,10-11,13-17H2,1-5H3/t19-,21-,22+,23+,24+,25+,26+,27+/m1/s1. The fraction of sp³-hybridized carbons (Fsp3) is 0.852. The van der Waals surface area contributed by atoms with Gasteiger partial charge in [-0.25, -0.2) is 0 Å². The van der Waals surface area contributed by atoms with Gasteiger partial charge in [-0.1, -0.05) is 50.5 Å². The molecule has 0 amide bonds. The van der Waals surface area contributed by atoms with Crippen molar-refractivity contribution in [3.8, 4) is 0 Å². The molecular weight excluding hydrogens is 340 g/mol. The second kappa shape index (κ2) is 7.60. The monoisotopic (exact) mass is 384 g/mol. The first-order chi connectivity index (χ1) is 13.3. The summed E-state index contributed by atoms with van der Waals surface area (Å²) in [6.07, 6.45) is 18.0. The highest BCUT2D eigenvalue weighted by atomic mass is 16.3. The van der Waals surface area contributed by atoms with Crippen LogP contribution in [0, 0.1) is 40.4 Å². The second-order valence-electron chi connectivity index (χ2n) is 11.7. The molecule has 0 aromatic rings. The summed E-state index contributed by atoms with van der Waals surface area (Å²) >= 11 is 0. The molecule has 8 atom stereocenters. The van der Waals surface area contributed by atoms with Gasteiger partial charge in [0.25, 0.3) is 0 Å². The van der Waals surface area contributed by atoms with Crippen molar-refractivity contribution in [3.63, 3.8) is 0 Å². The molecule has 0 spiro atoms. The van der Waals surface area contributed by atoms with Crippen molar-refractivity contribution in [1.29, 1.82) is 0 Å². The van der Waals surface area contributed by atoms with Crippen molar-refractivity contribution in [2.75, 3.05) is 0 Å². The fourth-order valence-corrected chi connectivity index (χ4v) is 8.59. The number of hydrogen-bond donors (Lipinski definition) is 1. The van der Waals surface area contributed by atoms with Crippen LogP contribution in [0.15, 0.2) is 23.3 Å². The molecule has 1 heteroatoms. The van der Waals surface area contributed by atoms with Gasteiger partial charge < -0.3 is 5.11 Å². The van der Waals surface area contributed by atoms with Crippen LogP contribution in [0.3, 0.4) is 0 Å². The van der Waals surface area contributed by atoms with Crippen molar-refractivity contribution in [2.24, 2.45) is 40.4 Å². The minimum Gasteiger partial charge on any atom is -0.393 e. The summed E-state index contributed by atoms with van der Waals surface area (Å²) in [4.78, 5) is 0. The SMILES string of the molecule is CC(C)=CCC[C@@H](C)[C@H]1[C@@H](O)C[C@H]2[C@@H]3CC=C4CCCC[C@]4(C)[C@H]3CC[C@]12C. The summed E-state index contributed by atoms with van der Waals surface area (Å²) in [5.74, 6) is 3.53. The molecule has 0 aromatic carbocycles. The Kier molecular flexibility index (Phi) is 5.62. The maximum atomic E-state index is 11.2. The lowest BCUT2D eigenvalue weighted by atomic mass is 9.47. The molecule has 0 bridgehead atoms. The lowest BCUT2D eigenvalue weighted by Crippen LogP contribution is -2.50. The molecule has 28 heavy (non-hydrogen) atoms. The third-order valence-electron chi connectivity index (χ3n) is 9.91. The zero-order chi connectivity index (χ0) is 20.1. The average Bonchev–Trinajstić information content (AvgIpc) is 2.91. The molecule has 0 radical (unpaired) electrons. The lowest BCUT2D eigenvalue weighted by Gasteiger charge is -2.58. The van der Waals surface area contributed by atoms with Crippen LogP contribution in [0.5, 0.6) is 0 Å². The van der Waals surface area contributed by atoms with Gasteiger partial charge in [0.1, 0.15) is 0 Å². The van der Waals surface area contributed by atoms with Gasteiger partial charge in [-0.15, -0.1) is 0 Å². The third-order valence-corrected chi connectivity index (χ3v) is 9.91. The van der Waals surface area contributed by atoms with Crippen LogP contribution < -0.4 is 0 Å². The van der Waals surface area contributed by atoms with E-state index in [1.807, 2.05) is 0 Å². The Morgan fingerprint density at radius 1 is 1.21 bits per heavy atom. The fourth-order valence-electron chi connectivity index (χ4n) is 8.59. The van der Waals surface area contributed by atoms with Crippen molar-refractivity contribution in [3.05, 3.63) is 23.3 Å². The number of hydrogen-bond acceptors (Lipinski definition) is 1. The van der Waals surface area contributed by atoms with Crippen molar-refractivity contribution >= 4 is 0 Å². The summed E-state index contributed by atoms with van der Waals surface area (Å²) in [6, 6.07) is 0. The van der Waals surface area contributed by atoms with E-state index in [4.69, 9.17) is 0 Å². The number of aliphatic hydroxyl groups is 1. The normalized spacial score (nSPS) is 46.1. The topological polar surface area (TPSA) is 20.2 Å². The van der Waals surface area contributed by atoms with E-state index in [2.05, 4.69) is 46.8 Å². The average molecular weight is 385 g/mol. The third kappa shape index (κ3) is 3.24. The van der Waals surface area contributed by atoms with E-state index in [-0.39, 0.29) is 6.10 Å². The minimum absolute atomic E-state index is 0.0833. The summed E-state index contributed by atoms with van der Waals surface area (Å²) in [5.41, 5.74) is 4.05. The molecule has 0 aromatic heterocycles. The molecule has 0 saturated heterocycles. The van der Waals surface area contributed by atoms with E-state index < -0.39 is 0 Å². The summed E-state index contributed by atoms with van der Waals surface area (Å²) in [6.45, 7) is 12.0. The molecule has 0 aliphatic heterocycles. The maximum absolute atomic E-state index is 11.2. The quantitative estimate of drug-likeness (QED) is 0.504. The first kappa shape index (κ1) is 20.7. The molecular formula is C27H44O. The smallest absolute Gasteiger partial charge is 0.0579 e. The van der Waals surface area contributed by atoms with E-state index in [0.29, 0.717) is 22.7 Å². The number of aliphatic hydroxyl groups excluding tert-OH is 1. The molecule has 4 aliphatic rings. The number of fused-ring (bicyclic) bond motifs is 5. The predicted molar refractivity (Wildman–Crippen MR) is 119 cm³/mol. The Hall–Kier alpha value is -0.560. The van der Waals surface area contributed by atoms with Crippen LogP contribution in [0.25, 0.3) is 0 Å². The van der Waals surface area contributed by atoms with Crippen LogP contribution >= 0.6 is 0 Å². The van der Waals surface area contributed by atoms with Gasteiger partial charge in [-0.05, 0) is 112 Å². The molecule has 158 valence electrons. The number of rotatable bonds is 4. The van der Waals surface area contributed by atoms with Gasteiger partial charge >= 0.3 is 0 Å². The van der Waals surface area contributed by atoms with Crippen LogP contribution in [-0.2, 0) is 0 Å². The minimum atomic E-state index is -0.0833. The zero-order valence-corrected chi connectivity index (χ0v) is 19.1. The van der Waals surface area contributed by atoms with Gasteiger partial charge in [0.2, 0.25) is 0 Å². The Morgan fingerprint density at radius 2 is 2.00 bits per heavy atom. The van der Waals surface area contributed by atoms with Gasteiger partial charge in [-0.2, -0.15) is 0 Å². The lowest BCUT2D eigenvalue weighted by molar-refractivity contribution is -0.0555. The van der Waals surface area contributed by atoms with E-state index in [9.17, 15) is 5.11 Å². The largest absolute Gasteiger partial charge is 0.393 e. The maximum Gasteiger partial charge on any atom is 0.0579 e. The van der Waals surface area contributed by atoms with Crippen molar-refractivity contribution < 1.29 is 5.11 Å². The molecule has 3 saturated carbocycles. The molecule has 4 rings (SSSR count). The van der Waals surface area contributed by atoms with Crippen LogP contribution in [0.4, 0.5) is 0 Å². The number of allylic oxidation sites excluding steroid dienone is 4. The zero-order valence-electron chi connectivity index (χ0n) is 19.1. The highest BCUT2D eigenvalue weighted by molar-refractivity contribution is 5.24. The van der Waals surface area contributed by atoms with Crippen LogP contribution in [0.1, 0.15) is 98.8 Å². The first-order valence-corrected chi connectivity index (χ1v) is 12.3. The van der Waals surface area contributed by atoms with Gasteiger partial charge in [0.05, 0.1) is 6.10 Å². The summed E-state index contributed by atoms with van der Waals surface area (Å²) in [7, 11) is 0. The first-order valence-electron chi connectivity index (χ1n) is 12.3. The molecule has 0 unspecified atom stereocenters. The molecule has 1 N–H and O–H groups in total. The second-order valence-corrected chi connectivity index (χ2v) is 11.7. The highest BCUT2D eigenvalue weighted by Gasteiger charge is 2.61. The molecule has 0 heterocycles. The van der Waals surface area contributed by atoms with Crippen LogP contribution in [0.2, 0.25) is 0 Å². The van der Waals surface area contributed by atoms with Gasteiger partial charge in [0, 0.05) is 0 Å². The Labute approximate surface area is 174 Å². The predicted octanol–water partition coefficient (Wildman–Crippen LogP) is 7.31. The van der Waals surface area contributed by atoms with Gasteiger partial charge in [-0.3, -0.25) is 0 Å². The van der Waals surface area contributed by atoms with Crippen LogP contribution in [-0.4, -0.2) is 11.2 Å². The molecule has 3 fully saturated rings. The van der Waals surface area contributed by atoms with Crippen molar-refractivity contribution in [1.82, 2.24) is 0 Å². The van der Waals surface area contributed by atoms with E-state index in [0.717, 1.165) is 24.2 Å². The van der Waals surface area contributed by atoms with E-state index in [1.165, 1.54) is 63.4 Å².